The highest BCUT2D eigenvalue weighted by molar-refractivity contribution is 5.25. The van der Waals surface area contributed by atoms with Crippen molar-refractivity contribution in [2.75, 3.05) is 0 Å². The Morgan fingerprint density at radius 1 is 1.07 bits per heavy atom. The van der Waals surface area contributed by atoms with Crippen molar-refractivity contribution in [1.82, 2.24) is 0 Å². The van der Waals surface area contributed by atoms with Crippen LogP contribution in [0, 0.1) is 46.3 Å². The summed E-state index contributed by atoms with van der Waals surface area (Å²) in [6, 6.07) is 0. The van der Waals surface area contributed by atoms with Gasteiger partial charge in [0.1, 0.15) is 0 Å². The van der Waals surface area contributed by atoms with Crippen LogP contribution < -0.4 is 0 Å². The molecule has 3 saturated carbocycles. The SMILES string of the molecule is CC(C)C/C=C\C(C)C1CCC2C3CC=C4C[C@@H](O)CCC4(C)C3CCC12C. The van der Waals surface area contributed by atoms with E-state index in [1.165, 1.54) is 44.9 Å². The summed E-state index contributed by atoms with van der Waals surface area (Å²) in [5.74, 6) is 5.03. The fraction of sp³-hybridized carbons (Fsp3) is 0.852. The maximum Gasteiger partial charge on any atom is 0.0577 e. The van der Waals surface area contributed by atoms with Gasteiger partial charge in [-0.15, -0.1) is 0 Å². The first-order valence-corrected chi connectivity index (χ1v) is 12.3. The van der Waals surface area contributed by atoms with Crippen molar-refractivity contribution in [3.8, 4) is 0 Å². The molecule has 0 heterocycles. The summed E-state index contributed by atoms with van der Waals surface area (Å²) in [5, 5.41) is 10.2. The first-order valence-electron chi connectivity index (χ1n) is 12.3. The second kappa shape index (κ2) is 7.60. The Morgan fingerprint density at radius 2 is 1.86 bits per heavy atom. The lowest BCUT2D eigenvalue weighted by molar-refractivity contribution is -0.0540. The van der Waals surface area contributed by atoms with Crippen molar-refractivity contribution in [3.63, 3.8) is 0 Å². The van der Waals surface area contributed by atoms with Crippen LogP contribution in [0.3, 0.4) is 0 Å². The molecule has 4 aliphatic carbocycles. The van der Waals surface area contributed by atoms with Crippen LogP contribution in [0.5, 0.6) is 0 Å². The summed E-state index contributed by atoms with van der Waals surface area (Å²) < 4.78 is 0. The molecule has 0 spiro atoms. The van der Waals surface area contributed by atoms with Gasteiger partial charge in [0.25, 0.3) is 0 Å². The largest absolute Gasteiger partial charge is 0.393 e. The summed E-state index contributed by atoms with van der Waals surface area (Å²) in [6.07, 6.45) is 18.9. The molecule has 158 valence electrons. The molecular formula is C27H44O. The highest BCUT2D eigenvalue weighted by Crippen LogP contribution is 2.67. The molecule has 1 nitrogen and oxygen atoms in total. The van der Waals surface area contributed by atoms with E-state index >= 15 is 0 Å². The molecule has 28 heavy (non-hydrogen) atoms. The molecule has 0 bridgehead atoms. The molecule has 0 aliphatic heterocycles. The van der Waals surface area contributed by atoms with Gasteiger partial charge in [-0.05, 0) is 104 Å². The van der Waals surface area contributed by atoms with Crippen LogP contribution >= 0.6 is 0 Å². The number of fused-ring (bicyclic) bond motifs is 5. The average molecular weight is 385 g/mol. The lowest BCUT2D eigenvalue weighted by Crippen LogP contribution is -2.50. The minimum Gasteiger partial charge on any atom is -0.393 e. The summed E-state index contributed by atoms with van der Waals surface area (Å²) in [4.78, 5) is 0. The lowest BCUT2D eigenvalue weighted by Gasteiger charge is -2.58. The standard InChI is InChI=1S/C27H44O/c1-18(2)7-6-8-19(3)23-11-12-24-22-10-9-20-17-21(28)13-15-26(20,4)25(22)14-16-27(23,24)5/h6,8-9,18-19,21-25,28H,7,10-17H2,1-5H3/b8-6-/t19?,21-,22?,23?,24?,25?,26?,27?/m0/s1. The van der Waals surface area contributed by atoms with E-state index in [2.05, 4.69) is 52.8 Å². The third kappa shape index (κ3) is 3.34. The Labute approximate surface area is 174 Å². The van der Waals surface area contributed by atoms with Crippen LogP contribution in [0.25, 0.3) is 0 Å². The smallest absolute Gasteiger partial charge is 0.0577 e. The first kappa shape index (κ1) is 20.7. The van der Waals surface area contributed by atoms with Crippen LogP contribution in [-0.2, 0) is 0 Å². The zero-order chi connectivity index (χ0) is 20.1. The van der Waals surface area contributed by atoms with Crippen molar-refractivity contribution in [1.29, 1.82) is 0 Å². The van der Waals surface area contributed by atoms with Gasteiger partial charge in [-0.2, -0.15) is 0 Å². The van der Waals surface area contributed by atoms with E-state index in [9.17, 15) is 5.11 Å². The average Bonchev–Trinajstić information content (AvgIpc) is 2.99. The molecular weight excluding hydrogens is 340 g/mol. The van der Waals surface area contributed by atoms with E-state index in [1.807, 2.05) is 0 Å². The van der Waals surface area contributed by atoms with E-state index in [0.29, 0.717) is 10.8 Å². The van der Waals surface area contributed by atoms with Gasteiger partial charge in [0.05, 0.1) is 6.10 Å². The fourth-order valence-electron chi connectivity index (χ4n) is 8.25. The minimum atomic E-state index is -0.0842. The number of allylic oxidation sites excluding steroid dienone is 3. The van der Waals surface area contributed by atoms with Gasteiger partial charge in [0.2, 0.25) is 0 Å². The Balaban J connectivity index is 1.53. The highest BCUT2D eigenvalue weighted by atomic mass is 16.3. The molecule has 0 aromatic carbocycles. The molecule has 0 radical (unpaired) electrons. The summed E-state index contributed by atoms with van der Waals surface area (Å²) in [6.45, 7) is 12.3. The minimum absolute atomic E-state index is 0.0842. The van der Waals surface area contributed by atoms with Crippen LogP contribution in [0.15, 0.2) is 23.8 Å². The number of aliphatic hydroxyl groups is 1. The van der Waals surface area contributed by atoms with Gasteiger partial charge < -0.3 is 5.11 Å². The molecule has 4 rings (SSSR count). The van der Waals surface area contributed by atoms with Crippen LogP contribution in [0.4, 0.5) is 0 Å². The third-order valence-electron chi connectivity index (χ3n) is 9.83. The van der Waals surface area contributed by atoms with E-state index in [-0.39, 0.29) is 6.10 Å². The van der Waals surface area contributed by atoms with Crippen LogP contribution in [0.1, 0.15) is 92.4 Å². The normalized spacial score (nSPS) is 46.8. The summed E-state index contributed by atoms with van der Waals surface area (Å²) in [5.41, 5.74) is 2.53. The third-order valence-corrected chi connectivity index (χ3v) is 9.83. The summed E-state index contributed by atoms with van der Waals surface area (Å²) in [7, 11) is 0. The van der Waals surface area contributed by atoms with Crippen molar-refractivity contribution in [3.05, 3.63) is 23.8 Å². The topological polar surface area (TPSA) is 20.2 Å². The lowest BCUT2D eigenvalue weighted by atomic mass is 9.47. The first-order chi connectivity index (χ1) is 13.3. The predicted molar refractivity (Wildman–Crippen MR) is 119 cm³/mol. The fourth-order valence-corrected chi connectivity index (χ4v) is 8.25. The molecule has 1 N–H and O–H groups in total. The van der Waals surface area contributed by atoms with Gasteiger partial charge in [0.15, 0.2) is 0 Å². The Hall–Kier alpha value is -0.560. The second-order valence-electron chi connectivity index (χ2n) is 11.8. The maximum absolute atomic E-state index is 10.2. The number of aliphatic hydroxyl groups excluding tert-OH is 1. The number of hydrogen-bond acceptors (Lipinski definition) is 1. The van der Waals surface area contributed by atoms with Gasteiger partial charge in [-0.3, -0.25) is 0 Å². The zero-order valence-corrected chi connectivity index (χ0v) is 19.1. The van der Waals surface area contributed by atoms with Crippen molar-refractivity contribution in [2.24, 2.45) is 46.3 Å². The Bertz CT molecular complexity index is 630. The molecule has 4 aliphatic rings. The van der Waals surface area contributed by atoms with Gasteiger partial charge in [0, 0.05) is 0 Å². The maximum atomic E-state index is 10.2. The van der Waals surface area contributed by atoms with Crippen LogP contribution in [0.2, 0.25) is 0 Å². The van der Waals surface area contributed by atoms with Gasteiger partial charge in [-0.25, -0.2) is 0 Å². The molecule has 8 atom stereocenters. The van der Waals surface area contributed by atoms with E-state index in [4.69, 9.17) is 0 Å². The van der Waals surface area contributed by atoms with Gasteiger partial charge >= 0.3 is 0 Å². The van der Waals surface area contributed by atoms with Crippen molar-refractivity contribution in [2.45, 2.75) is 98.5 Å². The van der Waals surface area contributed by atoms with E-state index in [0.717, 1.165) is 48.3 Å². The number of hydrogen-bond donors (Lipinski definition) is 1. The predicted octanol–water partition coefficient (Wildman–Crippen LogP) is 7.16. The Morgan fingerprint density at radius 3 is 2.61 bits per heavy atom. The second-order valence-corrected chi connectivity index (χ2v) is 11.8. The molecule has 0 aromatic heterocycles. The quantitative estimate of drug-likeness (QED) is 0.510. The molecule has 0 saturated heterocycles. The van der Waals surface area contributed by atoms with Gasteiger partial charge in [-0.1, -0.05) is 58.4 Å². The van der Waals surface area contributed by atoms with Crippen molar-refractivity contribution >= 4 is 0 Å². The molecule has 7 unspecified atom stereocenters. The monoisotopic (exact) mass is 384 g/mol. The van der Waals surface area contributed by atoms with E-state index < -0.39 is 0 Å². The highest BCUT2D eigenvalue weighted by Gasteiger charge is 2.58. The molecule has 0 aromatic rings. The molecule has 0 amide bonds. The zero-order valence-electron chi connectivity index (χ0n) is 19.1. The Kier molecular flexibility index (Phi) is 5.62. The molecule has 1 heteroatoms. The van der Waals surface area contributed by atoms with Crippen molar-refractivity contribution < 1.29 is 5.11 Å². The number of rotatable bonds is 4. The molecule has 3 fully saturated rings. The summed E-state index contributed by atoms with van der Waals surface area (Å²) >= 11 is 0. The van der Waals surface area contributed by atoms with E-state index in [1.54, 1.807) is 5.57 Å². The van der Waals surface area contributed by atoms with Crippen LogP contribution in [-0.4, -0.2) is 11.2 Å².